The van der Waals surface area contributed by atoms with E-state index in [0.29, 0.717) is 30.3 Å². The van der Waals surface area contributed by atoms with Crippen LogP contribution in [0.1, 0.15) is 24.8 Å². The molecular weight excluding hydrogens is 286 g/mol. The van der Waals surface area contributed by atoms with Crippen molar-refractivity contribution in [2.75, 3.05) is 25.9 Å². The summed E-state index contributed by atoms with van der Waals surface area (Å²) < 4.78 is 24.4. The molecule has 1 aliphatic rings. The zero-order valence-corrected chi connectivity index (χ0v) is 13.6. The zero-order chi connectivity index (χ0) is 15.5. The van der Waals surface area contributed by atoms with Crippen molar-refractivity contribution in [3.05, 3.63) is 29.8 Å². The van der Waals surface area contributed by atoms with Gasteiger partial charge in [-0.15, -0.1) is 0 Å². The molecule has 0 aliphatic heterocycles. The van der Waals surface area contributed by atoms with Gasteiger partial charge in [0, 0.05) is 6.54 Å². The van der Waals surface area contributed by atoms with Gasteiger partial charge in [-0.1, -0.05) is 17.7 Å². The van der Waals surface area contributed by atoms with Crippen molar-refractivity contribution in [2.45, 2.75) is 37.2 Å². The van der Waals surface area contributed by atoms with Crippen molar-refractivity contribution < 1.29 is 13.5 Å². The molecule has 5 heteroatoms. The third-order valence-electron chi connectivity index (χ3n) is 4.00. The Morgan fingerprint density at radius 1 is 1.29 bits per heavy atom. The zero-order valence-electron chi connectivity index (χ0n) is 12.8. The number of aliphatic hydroxyl groups excluding tert-OH is 1. The number of nitrogens with zero attached hydrogens (tertiary/aromatic N) is 1. The van der Waals surface area contributed by atoms with E-state index in [9.17, 15) is 13.5 Å². The molecule has 0 bridgehead atoms. The number of aliphatic hydroxyl groups is 1. The Bertz CT molecular complexity index is 549. The smallest absolute Gasteiger partial charge is 0.178 e. The number of hydrogen-bond acceptors (Lipinski definition) is 4. The van der Waals surface area contributed by atoms with Crippen LogP contribution in [0.25, 0.3) is 0 Å². The monoisotopic (exact) mass is 311 g/mol. The van der Waals surface area contributed by atoms with Gasteiger partial charge in [0.05, 0.1) is 16.8 Å². The highest BCUT2D eigenvalue weighted by Crippen LogP contribution is 2.32. The highest BCUT2D eigenvalue weighted by molar-refractivity contribution is 7.91. The fourth-order valence-electron chi connectivity index (χ4n) is 2.43. The van der Waals surface area contributed by atoms with Crippen LogP contribution in [0.3, 0.4) is 0 Å². The van der Waals surface area contributed by atoms with Gasteiger partial charge in [-0.2, -0.15) is 0 Å². The van der Waals surface area contributed by atoms with E-state index in [1.54, 1.807) is 12.1 Å². The summed E-state index contributed by atoms with van der Waals surface area (Å²) in [5, 5.41) is 9.86. The second-order valence-corrected chi connectivity index (χ2v) is 8.26. The van der Waals surface area contributed by atoms with Crippen molar-refractivity contribution >= 4 is 9.84 Å². The molecule has 0 spiro atoms. The molecule has 0 aromatic heterocycles. The molecule has 0 saturated heterocycles. The summed E-state index contributed by atoms with van der Waals surface area (Å²) in [5.74, 6) is 0.615. The van der Waals surface area contributed by atoms with Gasteiger partial charge in [-0.25, -0.2) is 8.42 Å². The maximum Gasteiger partial charge on any atom is 0.178 e. The average Bonchev–Trinajstić information content (AvgIpc) is 3.23. The molecule has 1 atom stereocenters. The minimum atomic E-state index is -3.19. The lowest BCUT2D eigenvalue weighted by Gasteiger charge is -2.20. The van der Waals surface area contributed by atoms with Gasteiger partial charge in [-0.05, 0) is 57.8 Å². The number of hydrogen-bond donors (Lipinski definition) is 1. The van der Waals surface area contributed by atoms with E-state index in [2.05, 4.69) is 0 Å². The quantitative estimate of drug-likeness (QED) is 0.796. The molecule has 21 heavy (non-hydrogen) atoms. The van der Waals surface area contributed by atoms with Gasteiger partial charge in [0.2, 0.25) is 0 Å². The van der Waals surface area contributed by atoms with Crippen LogP contribution in [0.2, 0.25) is 0 Å². The number of aryl methyl sites for hydroxylation is 1. The molecule has 1 saturated carbocycles. The maximum absolute atomic E-state index is 12.2. The Morgan fingerprint density at radius 2 is 1.90 bits per heavy atom. The summed E-state index contributed by atoms with van der Waals surface area (Å²) in [6.07, 6.45) is 2.57. The van der Waals surface area contributed by atoms with Crippen molar-refractivity contribution in [1.82, 2.24) is 4.90 Å². The minimum Gasteiger partial charge on any atom is -0.392 e. The van der Waals surface area contributed by atoms with Gasteiger partial charge in [0.15, 0.2) is 9.84 Å². The van der Waals surface area contributed by atoms with Crippen molar-refractivity contribution in [2.24, 2.45) is 5.92 Å². The third-order valence-corrected chi connectivity index (χ3v) is 5.81. The predicted octanol–water partition coefficient (Wildman–Crippen LogP) is 1.86. The Hall–Kier alpha value is -0.910. The first-order valence-corrected chi connectivity index (χ1v) is 9.20. The summed E-state index contributed by atoms with van der Waals surface area (Å²) in [6, 6.07) is 6.99. The first-order valence-electron chi connectivity index (χ1n) is 7.54. The average molecular weight is 311 g/mol. The minimum absolute atomic E-state index is 0.153. The second-order valence-electron chi connectivity index (χ2n) is 6.15. The molecule has 4 nitrogen and oxygen atoms in total. The van der Waals surface area contributed by atoms with Crippen LogP contribution in [0, 0.1) is 12.8 Å². The van der Waals surface area contributed by atoms with Crippen molar-refractivity contribution in [3.63, 3.8) is 0 Å². The van der Waals surface area contributed by atoms with Gasteiger partial charge < -0.3 is 10.0 Å². The molecule has 1 aromatic rings. The summed E-state index contributed by atoms with van der Waals surface area (Å²) >= 11 is 0. The SMILES string of the molecule is Cc1ccc(S(=O)(=O)CCCN(C)CC(O)C2CC2)cc1. The van der Waals surface area contributed by atoms with Crippen LogP contribution >= 0.6 is 0 Å². The van der Waals surface area contributed by atoms with E-state index in [0.717, 1.165) is 18.4 Å². The highest BCUT2D eigenvalue weighted by atomic mass is 32.2. The largest absolute Gasteiger partial charge is 0.392 e. The van der Waals surface area contributed by atoms with E-state index < -0.39 is 9.84 Å². The summed E-state index contributed by atoms with van der Waals surface area (Å²) in [5.41, 5.74) is 1.06. The molecule has 1 N–H and O–H groups in total. The van der Waals surface area contributed by atoms with Crippen LogP contribution in [-0.4, -0.2) is 50.4 Å². The van der Waals surface area contributed by atoms with E-state index in [4.69, 9.17) is 0 Å². The molecular formula is C16H25NO3S. The normalized spacial score (nSPS) is 17.1. The van der Waals surface area contributed by atoms with Gasteiger partial charge >= 0.3 is 0 Å². The Morgan fingerprint density at radius 3 is 2.48 bits per heavy atom. The lowest BCUT2D eigenvalue weighted by atomic mass is 10.2. The predicted molar refractivity (Wildman–Crippen MR) is 84.1 cm³/mol. The van der Waals surface area contributed by atoms with Crippen LogP contribution in [-0.2, 0) is 9.84 Å². The molecule has 1 aromatic carbocycles. The highest BCUT2D eigenvalue weighted by Gasteiger charge is 2.30. The first-order chi connectivity index (χ1) is 9.88. The maximum atomic E-state index is 12.2. The molecule has 0 amide bonds. The van der Waals surface area contributed by atoms with E-state index in [1.165, 1.54) is 0 Å². The third kappa shape index (κ3) is 5.09. The van der Waals surface area contributed by atoms with Crippen LogP contribution in [0.4, 0.5) is 0 Å². The fraction of sp³-hybridized carbons (Fsp3) is 0.625. The van der Waals surface area contributed by atoms with E-state index >= 15 is 0 Å². The Labute approximate surface area is 127 Å². The molecule has 1 fully saturated rings. The number of rotatable bonds is 8. The van der Waals surface area contributed by atoms with Gasteiger partial charge in [0.25, 0.3) is 0 Å². The Balaban J connectivity index is 1.77. The molecule has 0 heterocycles. The number of likely N-dealkylation sites (N-methyl/N-ethyl adjacent to an activating group) is 1. The van der Waals surface area contributed by atoms with Gasteiger partial charge in [0.1, 0.15) is 0 Å². The van der Waals surface area contributed by atoms with Crippen LogP contribution in [0.5, 0.6) is 0 Å². The fourth-order valence-corrected chi connectivity index (χ4v) is 3.72. The van der Waals surface area contributed by atoms with Crippen molar-refractivity contribution in [1.29, 1.82) is 0 Å². The molecule has 1 aliphatic carbocycles. The first kappa shape index (κ1) is 16.5. The molecule has 118 valence electrons. The Kier molecular flexibility index (Phi) is 5.41. The van der Waals surface area contributed by atoms with Crippen LogP contribution in [0.15, 0.2) is 29.2 Å². The van der Waals surface area contributed by atoms with E-state index in [-0.39, 0.29) is 11.9 Å². The molecule has 1 unspecified atom stereocenters. The lowest BCUT2D eigenvalue weighted by Crippen LogP contribution is -2.31. The summed E-state index contributed by atoms with van der Waals surface area (Å²) in [7, 11) is -1.26. The van der Waals surface area contributed by atoms with Gasteiger partial charge in [-0.3, -0.25) is 0 Å². The lowest BCUT2D eigenvalue weighted by molar-refractivity contribution is 0.107. The summed E-state index contributed by atoms with van der Waals surface area (Å²) in [6.45, 7) is 3.26. The number of benzene rings is 1. The summed E-state index contributed by atoms with van der Waals surface area (Å²) in [4.78, 5) is 2.42. The molecule has 0 radical (unpaired) electrons. The molecule has 2 rings (SSSR count). The second kappa shape index (κ2) is 6.90. The van der Waals surface area contributed by atoms with Crippen molar-refractivity contribution in [3.8, 4) is 0 Å². The standard InChI is InChI=1S/C16H25NO3S/c1-13-4-8-15(9-5-13)21(19,20)11-3-10-17(2)12-16(18)14-6-7-14/h4-5,8-9,14,16,18H,3,6-7,10-12H2,1-2H3. The van der Waals surface area contributed by atoms with E-state index in [1.807, 2.05) is 31.0 Å². The number of sulfone groups is 1. The topological polar surface area (TPSA) is 57.6 Å². The van der Waals surface area contributed by atoms with Crippen LogP contribution < -0.4 is 0 Å².